The Balaban J connectivity index is 1.65. The topological polar surface area (TPSA) is 67.8 Å². The Morgan fingerprint density at radius 1 is 1.34 bits per heavy atom. The first kappa shape index (κ1) is 23.4. The van der Waals surface area contributed by atoms with Gasteiger partial charge in [0.25, 0.3) is 5.91 Å². The zero-order valence-electron chi connectivity index (χ0n) is 19.5. The average Bonchev–Trinajstić information content (AvgIpc) is 3.28. The van der Waals surface area contributed by atoms with Crippen LogP contribution in [0.4, 0.5) is 4.39 Å². The summed E-state index contributed by atoms with van der Waals surface area (Å²) in [5.74, 6) is 0.276. The van der Waals surface area contributed by atoms with Crippen LogP contribution in [0.3, 0.4) is 0 Å². The largest absolute Gasteiger partial charge is 0.365 e. The first-order valence-electron chi connectivity index (χ1n) is 11.8. The van der Waals surface area contributed by atoms with Crippen LogP contribution in [0.15, 0.2) is 36.4 Å². The molecule has 1 aromatic rings. The van der Waals surface area contributed by atoms with Gasteiger partial charge in [-0.3, -0.25) is 4.79 Å². The zero-order chi connectivity index (χ0) is 23.1. The van der Waals surface area contributed by atoms with Crippen molar-refractivity contribution in [1.82, 2.24) is 5.32 Å². The number of aliphatic hydroxyl groups is 1. The summed E-state index contributed by atoms with van der Waals surface area (Å²) in [5, 5.41) is 13.7. The molecular weight excluding hydrogens is 409 g/mol. The predicted molar refractivity (Wildman–Crippen MR) is 121 cm³/mol. The number of benzene rings is 1. The molecule has 176 valence electrons. The van der Waals surface area contributed by atoms with Gasteiger partial charge in [0.1, 0.15) is 0 Å². The van der Waals surface area contributed by atoms with E-state index in [1.165, 1.54) is 0 Å². The van der Waals surface area contributed by atoms with Gasteiger partial charge in [0.15, 0.2) is 13.0 Å². The van der Waals surface area contributed by atoms with Gasteiger partial charge in [-0.1, -0.05) is 57.2 Å². The van der Waals surface area contributed by atoms with Gasteiger partial charge in [0, 0.05) is 6.42 Å². The van der Waals surface area contributed by atoms with Crippen LogP contribution in [0.1, 0.15) is 52.5 Å². The molecule has 1 unspecified atom stereocenters. The number of aliphatic hydroxyl groups excluding tert-OH is 1. The van der Waals surface area contributed by atoms with Crippen molar-refractivity contribution < 1.29 is 23.8 Å². The molecule has 2 saturated heterocycles. The maximum absolute atomic E-state index is 13.0. The Morgan fingerprint density at radius 2 is 2.06 bits per heavy atom. The fraction of sp³-hybridized carbons (Fsp3) is 0.654. The molecule has 1 saturated carbocycles. The molecule has 8 atom stereocenters. The second-order valence-corrected chi connectivity index (χ2v) is 10.3. The second-order valence-electron chi connectivity index (χ2n) is 10.3. The number of ether oxygens (including phenoxy) is 2. The van der Waals surface area contributed by atoms with E-state index in [4.69, 9.17) is 9.47 Å². The van der Waals surface area contributed by atoms with Gasteiger partial charge >= 0.3 is 0 Å². The number of hydrogen-bond donors (Lipinski definition) is 2. The van der Waals surface area contributed by atoms with E-state index in [9.17, 15) is 14.3 Å². The van der Waals surface area contributed by atoms with Crippen molar-refractivity contribution in [3.05, 3.63) is 42.0 Å². The molecule has 1 aromatic carbocycles. The molecular formula is C26H36FNO4. The number of hydrogen-bond acceptors (Lipinski definition) is 4. The smallest absolute Gasteiger partial charge is 0.251 e. The van der Waals surface area contributed by atoms with E-state index in [2.05, 4.69) is 33.0 Å². The molecule has 1 amide bonds. The maximum atomic E-state index is 13.0. The Kier molecular flexibility index (Phi) is 6.49. The molecule has 1 aliphatic carbocycles. The van der Waals surface area contributed by atoms with Gasteiger partial charge in [-0.2, -0.15) is 0 Å². The Labute approximate surface area is 190 Å². The van der Waals surface area contributed by atoms with Gasteiger partial charge in [-0.05, 0) is 55.1 Å². The summed E-state index contributed by atoms with van der Waals surface area (Å²) in [6.45, 7) is 7.47. The SMILES string of the molecule is CC(C)[C@@]12C[C@@H](NC(=O)CF)[C@@](C)(O1)[C@@H]1CC[C@@H](C)[C@H]1[C@@H]2OC(O)/C=C/c1ccccc1. The quantitative estimate of drug-likeness (QED) is 0.620. The number of carbonyl (C=O) groups excluding carboxylic acids is 1. The summed E-state index contributed by atoms with van der Waals surface area (Å²) in [6, 6.07) is 9.51. The van der Waals surface area contributed by atoms with Crippen molar-refractivity contribution in [2.75, 3.05) is 6.67 Å². The normalized spacial score (nSPS) is 39.4. The number of halogens is 1. The lowest BCUT2D eigenvalue weighted by atomic mass is 9.69. The highest BCUT2D eigenvalue weighted by Crippen LogP contribution is 2.62. The van der Waals surface area contributed by atoms with Crippen LogP contribution < -0.4 is 5.32 Å². The van der Waals surface area contributed by atoms with Crippen LogP contribution in [0, 0.1) is 23.7 Å². The summed E-state index contributed by atoms with van der Waals surface area (Å²) >= 11 is 0. The lowest BCUT2D eigenvalue weighted by molar-refractivity contribution is -0.287. The molecule has 3 fully saturated rings. The molecule has 3 aliphatic rings. The second kappa shape index (κ2) is 8.88. The molecule has 0 aromatic heterocycles. The van der Waals surface area contributed by atoms with E-state index in [1.807, 2.05) is 36.4 Å². The maximum Gasteiger partial charge on any atom is 0.251 e. The molecule has 4 rings (SSSR count). The van der Waals surface area contributed by atoms with Gasteiger partial charge in [0.05, 0.1) is 23.3 Å². The molecule has 6 heteroatoms. The minimum atomic E-state index is -1.07. The minimum absolute atomic E-state index is 0.0955. The van der Waals surface area contributed by atoms with E-state index >= 15 is 0 Å². The van der Waals surface area contributed by atoms with Crippen LogP contribution in [0.5, 0.6) is 0 Å². The van der Waals surface area contributed by atoms with Crippen LogP contribution in [-0.2, 0) is 14.3 Å². The number of nitrogens with one attached hydrogen (secondary N) is 1. The van der Waals surface area contributed by atoms with E-state index in [0.717, 1.165) is 18.4 Å². The predicted octanol–water partition coefficient (Wildman–Crippen LogP) is 4.11. The summed E-state index contributed by atoms with van der Waals surface area (Å²) < 4.78 is 26.3. The molecule has 2 N–H and O–H groups in total. The van der Waals surface area contributed by atoms with Crippen molar-refractivity contribution in [2.45, 2.75) is 76.6 Å². The van der Waals surface area contributed by atoms with E-state index < -0.39 is 30.1 Å². The number of amides is 1. The molecule has 0 radical (unpaired) electrons. The first-order chi connectivity index (χ1) is 15.2. The van der Waals surface area contributed by atoms with Crippen LogP contribution >= 0.6 is 0 Å². The highest BCUT2D eigenvalue weighted by Gasteiger charge is 2.70. The highest BCUT2D eigenvalue weighted by atomic mass is 19.1. The lowest BCUT2D eigenvalue weighted by Crippen LogP contribution is -2.63. The fourth-order valence-electron chi connectivity index (χ4n) is 6.55. The average molecular weight is 446 g/mol. The number of rotatable bonds is 7. The monoisotopic (exact) mass is 445 g/mol. The molecule has 2 aliphatic heterocycles. The van der Waals surface area contributed by atoms with Gasteiger partial charge in [-0.15, -0.1) is 0 Å². The van der Waals surface area contributed by atoms with Crippen LogP contribution in [0.25, 0.3) is 6.08 Å². The molecule has 0 spiro atoms. The van der Waals surface area contributed by atoms with Gasteiger partial charge < -0.3 is 19.9 Å². The first-order valence-corrected chi connectivity index (χ1v) is 11.8. The van der Waals surface area contributed by atoms with Crippen molar-refractivity contribution in [1.29, 1.82) is 0 Å². The highest BCUT2D eigenvalue weighted by molar-refractivity contribution is 5.77. The van der Waals surface area contributed by atoms with Crippen LogP contribution in [-0.4, -0.2) is 47.3 Å². The van der Waals surface area contributed by atoms with Crippen molar-refractivity contribution in [3.8, 4) is 0 Å². The third-order valence-electron chi connectivity index (χ3n) is 8.22. The van der Waals surface area contributed by atoms with Gasteiger partial charge in [-0.25, -0.2) is 4.39 Å². The van der Waals surface area contributed by atoms with E-state index in [0.29, 0.717) is 12.3 Å². The molecule has 2 bridgehead atoms. The number of alkyl halides is 1. The Hall–Kier alpha value is -1.76. The van der Waals surface area contributed by atoms with Gasteiger partial charge in [0.2, 0.25) is 0 Å². The van der Waals surface area contributed by atoms with Crippen molar-refractivity contribution in [2.24, 2.45) is 23.7 Å². The third kappa shape index (κ3) is 3.91. The Morgan fingerprint density at radius 3 is 2.72 bits per heavy atom. The Bertz CT molecular complexity index is 845. The standard InChI is InChI=1S/C26H36FNO4/c1-16(2)26-14-20(28-21(29)15-27)25(4,32-26)19-12-10-17(3)23(19)24(26)31-22(30)13-11-18-8-6-5-7-9-18/h5-9,11,13,16-17,19-20,22-24,30H,10,12,14-15H2,1-4H3,(H,28,29)/b13-11+/t17-,19-,20-,22?,23-,24+,25+,26-/m1/s1. The van der Waals surface area contributed by atoms with Crippen LogP contribution in [0.2, 0.25) is 0 Å². The zero-order valence-corrected chi connectivity index (χ0v) is 19.5. The lowest BCUT2D eigenvalue weighted by Gasteiger charge is -2.54. The summed E-state index contributed by atoms with van der Waals surface area (Å²) in [5.41, 5.74) is -0.248. The minimum Gasteiger partial charge on any atom is -0.365 e. The summed E-state index contributed by atoms with van der Waals surface area (Å²) in [7, 11) is 0. The third-order valence-corrected chi connectivity index (χ3v) is 8.22. The fourth-order valence-corrected chi connectivity index (χ4v) is 6.55. The molecule has 5 nitrogen and oxygen atoms in total. The molecule has 2 heterocycles. The van der Waals surface area contributed by atoms with Crippen molar-refractivity contribution in [3.63, 3.8) is 0 Å². The number of fused-ring (bicyclic) bond motifs is 4. The van der Waals surface area contributed by atoms with Crippen molar-refractivity contribution >= 4 is 12.0 Å². The summed E-state index contributed by atoms with van der Waals surface area (Å²) in [6.07, 6.45) is 4.69. The summed E-state index contributed by atoms with van der Waals surface area (Å²) in [4.78, 5) is 12.0. The molecule has 32 heavy (non-hydrogen) atoms. The van der Waals surface area contributed by atoms with E-state index in [1.54, 1.807) is 6.08 Å². The number of carbonyl (C=O) groups is 1. The van der Waals surface area contributed by atoms with E-state index in [-0.39, 0.29) is 29.9 Å².